The molecule has 2 aliphatic rings. The number of nitriles is 1. The summed E-state index contributed by atoms with van der Waals surface area (Å²) in [6.45, 7) is 2.49. The number of hydrogen-bond acceptors (Lipinski definition) is 4. The number of hydrogen-bond donors (Lipinski definition) is 0. The standard InChI is InChI=1S/C22H19F3N4OS/c1-14-3-5-15(6-4-14)7-10-28-20(31)29(19(30)21(28)8-2-9-21)16-11-17(22(23,24)25)18(12-26)27-13-16/h3-6,11,13H,2,7-10H2,1H3. The lowest BCUT2D eigenvalue weighted by atomic mass is 9.75. The summed E-state index contributed by atoms with van der Waals surface area (Å²) < 4.78 is 40.2. The van der Waals surface area contributed by atoms with Crippen molar-refractivity contribution in [1.29, 1.82) is 5.26 Å². The number of aromatic nitrogens is 1. The number of aryl methyl sites for hydroxylation is 1. The van der Waals surface area contributed by atoms with Crippen LogP contribution in [-0.2, 0) is 17.4 Å². The van der Waals surface area contributed by atoms with Gasteiger partial charge >= 0.3 is 6.18 Å². The average molecular weight is 444 g/mol. The molecule has 1 aromatic heterocycles. The van der Waals surface area contributed by atoms with Crippen molar-refractivity contribution in [1.82, 2.24) is 9.88 Å². The maximum Gasteiger partial charge on any atom is 0.419 e. The molecule has 1 aliphatic heterocycles. The molecule has 0 bridgehead atoms. The molecule has 2 fully saturated rings. The van der Waals surface area contributed by atoms with E-state index < -0.39 is 23.0 Å². The van der Waals surface area contributed by atoms with Crippen molar-refractivity contribution in [2.75, 3.05) is 11.4 Å². The largest absolute Gasteiger partial charge is 0.419 e. The highest BCUT2D eigenvalue weighted by atomic mass is 32.1. The second-order valence-electron chi connectivity index (χ2n) is 7.89. The van der Waals surface area contributed by atoms with Gasteiger partial charge in [0, 0.05) is 6.54 Å². The van der Waals surface area contributed by atoms with Gasteiger partial charge in [-0.2, -0.15) is 18.4 Å². The third kappa shape index (κ3) is 3.55. The molecule has 5 nitrogen and oxygen atoms in total. The predicted molar refractivity (Wildman–Crippen MR) is 112 cm³/mol. The summed E-state index contributed by atoms with van der Waals surface area (Å²) in [5.41, 5.74) is -0.550. The number of anilines is 1. The van der Waals surface area contributed by atoms with Crippen LogP contribution in [0, 0.1) is 18.3 Å². The molecular formula is C22H19F3N4OS. The first-order valence-corrected chi connectivity index (χ1v) is 10.3. The van der Waals surface area contributed by atoms with Crippen molar-refractivity contribution in [2.24, 2.45) is 0 Å². The lowest BCUT2D eigenvalue weighted by Gasteiger charge is -2.43. The van der Waals surface area contributed by atoms with E-state index in [1.165, 1.54) is 6.07 Å². The van der Waals surface area contributed by atoms with Crippen LogP contribution in [0.2, 0.25) is 0 Å². The van der Waals surface area contributed by atoms with Gasteiger partial charge in [0.05, 0.1) is 17.4 Å². The predicted octanol–water partition coefficient (Wildman–Crippen LogP) is 4.38. The van der Waals surface area contributed by atoms with Gasteiger partial charge in [0.2, 0.25) is 0 Å². The van der Waals surface area contributed by atoms with Gasteiger partial charge in [-0.1, -0.05) is 29.8 Å². The van der Waals surface area contributed by atoms with E-state index >= 15 is 0 Å². The zero-order valence-corrected chi connectivity index (χ0v) is 17.6. The van der Waals surface area contributed by atoms with Gasteiger partial charge in [-0.25, -0.2) is 4.98 Å². The van der Waals surface area contributed by atoms with Crippen LogP contribution in [0.1, 0.15) is 41.6 Å². The molecule has 2 heterocycles. The molecule has 1 aliphatic carbocycles. The molecule has 1 amide bonds. The number of carbonyl (C=O) groups is 1. The van der Waals surface area contributed by atoms with Crippen LogP contribution in [0.15, 0.2) is 36.5 Å². The SMILES string of the molecule is Cc1ccc(CCN2C(=S)N(c3cnc(C#N)c(C(F)(F)F)c3)C(=O)C23CCC3)cc1. The lowest BCUT2D eigenvalue weighted by Crippen LogP contribution is -2.55. The quantitative estimate of drug-likeness (QED) is 0.655. The van der Waals surface area contributed by atoms with Crippen LogP contribution < -0.4 is 4.90 Å². The number of thiocarbonyl (C=S) groups is 1. The van der Waals surface area contributed by atoms with E-state index in [1.807, 2.05) is 36.1 Å². The lowest BCUT2D eigenvalue weighted by molar-refractivity contribution is -0.138. The number of halogens is 3. The third-order valence-corrected chi connectivity index (χ3v) is 6.41. The third-order valence-electron chi connectivity index (χ3n) is 6.01. The number of carbonyl (C=O) groups excluding carboxylic acids is 1. The van der Waals surface area contributed by atoms with Crippen molar-refractivity contribution in [3.05, 3.63) is 58.9 Å². The fourth-order valence-electron chi connectivity index (χ4n) is 4.12. The number of benzene rings is 1. The van der Waals surface area contributed by atoms with Crippen LogP contribution in [0.4, 0.5) is 18.9 Å². The minimum absolute atomic E-state index is 0.0644. The molecular weight excluding hydrogens is 425 g/mol. The molecule has 1 saturated carbocycles. The van der Waals surface area contributed by atoms with E-state index in [1.54, 1.807) is 0 Å². The van der Waals surface area contributed by atoms with E-state index in [0.29, 0.717) is 25.8 Å². The Balaban J connectivity index is 1.66. The molecule has 1 aromatic carbocycles. The van der Waals surface area contributed by atoms with E-state index in [0.717, 1.165) is 34.7 Å². The summed E-state index contributed by atoms with van der Waals surface area (Å²) in [6, 6.07) is 10.3. The highest BCUT2D eigenvalue weighted by molar-refractivity contribution is 7.80. The monoisotopic (exact) mass is 444 g/mol. The van der Waals surface area contributed by atoms with Gasteiger partial charge in [0.1, 0.15) is 11.6 Å². The van der Waals surface area contributed by atoms with Crippen LogP contribution in [-0.4, -0.2) is 33.0 Å². The number of nitrogens with zero attached hydrogens (tertiary/aromatic N) is 4. The topological polar surface area (TPSA) is 60.2 Å². The van der Waals surface area contributed by atoms with Crippen molar-refractivity contribution in [3.8, 4) is 6.07 Å². The fourth-order valence-corrected chi connectivity index (χ4v) is 4.58. The van der Waals surface area contributed by atoms with E-state index in [-0.39, 0.29) is 16.7 Å². The molecule has 9 heteroatoms. The Kier molecular flexibility index (Phi) is 5.21. The maximum atomic E-state index is 13.4. The van der Waals surface area contributed by atoms with Gasteiger partial charge < -0.3 is 4.90 Å². The number of amides is 1. The zero-order valence-electron chi connectivity index (χ0n) is 16.7. The van der Waals surface area contributed by atoms with Gasteiger partial charge in [0.25, 0.3) is 5.91 Å². The summed E-state index contributed by atoms with van der Waals surface area (Å²) in [4.78, 5) is 20.0. The second-order valence-corrected chi connectivity index (χ2v) is 8.26. The smallest absolute Gasteiger partial charge is 0.333 e. The minimum Gasteiger partial charge on any atom is -0.333 e. The molecule has 0 unspecified atom stereocenters. The second kappa shape index (κ2) is 7.61. The average Bonchev–Trinajstić information content (AvgIpc) is 2.93. The number of rotatable bonds is 4. The first-order chi connectivity index (χ1) is 14.7. The van der Waals surface area contributed by atoms with Crippen LogP contribution >= 0.6 is 12.2 Å². The van der Waals surface area contributed by atoms with Crippen molar-refractivity contribution < 1.29 is 18.0 Å². The van der Waals surface area contributed by atoms with E-state index in [9.17, 15) is 18.0 Å². The molecule has 31 heavy (non-hydrogen) atoms. The summed E-state index contributed by atoms with van der Waals surface area (Å²) in [6.07, 6.45) is -0.949. The summed E-state index contributed by atoms with van der Waals surface area (Å²) >= 11 is 5.56. The molecule has 4 rings (SSSR count). The molecule has 2 aromatic rings. The molecule has 1 spiro atoms. The maximum absolute atomic E-state index is 13.4. The highest BCUT2D eigenvalue weighted by Gasteiger charge is 2.58. The number of alkyl halides is 3. The van der Waals surface area contributed by atoms with Crippen LogP contribution in [0.3, 0.4) is 0 Å². The fraction of sp³-hybridized carbons (Fsp3) is 0.364. The first kappa shape index (κ1) is 21.2. The molecule has 0 N–H and O–H groups in total. The van der Waals surface area contributed by atoms with Gasteiger partial charge in [-0.05, 0) is 56.5 Å². The number of pyridine rings is 1. The molecule has 160 valence electrons. The zero-order chi connectivity index (χ0) is 22.4. The van der Waals surface area contributed by atoms with Crippen molar-refractivity contribution in [3.63, 3.8) is 0 Å². The van der Waals surface area contributed by atoms with Crippen LogP contribution in [0.25, 0.3) is 0 Å². The highest BCUT2D eigenvalue weighted by Crippen LogP contribution is 2.46. The Hall–Kier alpha value is -2.99. The van der Waals surface area contributed by atoms with Crippen molar-refractivity contribution >= 4 is 28.9 Å². The van der Waals surface area contributed by atoms with Gasteiger partial charge in [0.15, 0.2) is 10.8 Å². The summed E-state index contributed by atoms with van der Waals surface area (Å²) in [5, 5.41) is 9.16. The first-order valence-electron chi connectivity index (χ1n) is 9.86. The summed E-state index contributed by atoms with van der Waals surface area (Å²) in [7, 11) is 0. The molecule has 0 radical (unpaired) electrons. The molecule has 0 atom stereocenters. The van der Waals surface area contributed by atoms with Gasteiger partial charge in [-0.15, -0.1) is 0 Å². The minimum atomic E-state index is -4.77. The Labute approximate surface area is 183 Å². The van der Waals surface area contributed by atoms with Crippen molar-refractivity contribution in [2.45, 2.75) is 44.3 Å². The normalized spacial score (nSPS) is 17.8. The van der Waals surface area contributed by atoms with E-state index in [4.69, 9.17) is 17.5 Å². The Morgan fingerprint density at radius 1 is 1.26 bits per heavy atom. The van der Waals surface area contributed by atoms with Crippen LogP contribution in [0.5, 0.6) is 0 Å². The summed E-state index contributed by atoms with van der Waals surface area (Å²) in [5.74, 6) is -0.327. The molecule has 1 saturated heterocycles. The van der Waals surface area contributed by atoms with E-state index in [2.05, 4.69) is 4.98 Å². The Morgan fingerprint density at radius 2 is 1.94 bits per heavy atom. The Bertz CT molecular complexity index is 1090. The van der Waals surface area contributed by atoms with Gasteiger partial charge in [-0.3, -0.25) is 9.69 Å². The Morgan fingerprint density at radius 3 is 2.48 bits per heavy atom.